The molecule has 1 N–H and O–H groups in total. The fourth-order valence-corrected chi connectivity index (χ4v) is 2.41. The molecule has 0 bridgehead atoms. The van der Waals surface area contributed by atoms with Gasteiger partial charge in [-0.15, -0.1) is 0 Å². The summed E-state index contributed by atoms with van der Waals surface area (Å²) in [4.78, 5) is 38.4. The predicted molar refractivity (Wildman–Crippen MR) is 96.8 cm³/mol. The molecular formula is C20H22N2O3. The summed E-state index contributed by atoms with van der Waals surface area (Å²) in [6, 6.07) is 12.3. The second kappa shape index (κ2) is 7.75. The van der Waals surface area contributed by atoms with E-state index in [4.69, 9.17) is 0 Å². The molecule has 0 aliphatic carbocycles. The number of aryl methyl sites for hydroxylation is 2. The summed E-state index contributed by atoms with van der Waals surface area (Å²) in [5.74, 6) is -0.859. The van der Waals surface area contributed by atoms with Crippen LogP contribution in [0.1, 0.15) is 37.4 Å². The van der Waals surface area contributed by atoms with Gasteiger partial charge in [0.05, 0.1) is 12.1 Å². The second-order valence-corrected chi connectivity index (χ2v) is 6.16. The van der Waals surface area contributed by atoms with E-state index in [1.165, 1.54) is 4.90 Å². The van der Waals surface area contributed by atoms with Crippen LogP contribution < -0.4 is 5.32 Å². The van der Waals surface area contributed by atoms with Gasteiger partial charge >= 0.3 is 0 Å². The molecule has 0 spiro atoms. The first-order valence-corrected chi connectivity index (χ1v) is 8.00. The van der Waals surface area contributed by atoms with Crippen LogP contribution in [-0.2, 0) is 4.79 Å². The topological polar surface area (TPSA) is 66.5 Å². The highest BCUT2D eigenvalue weighted by Crippen LogP contribution is 2.19. The van der Waals surface area contributed by atoms with Crippen molar-refractivity contribution in [2.75, 3.05) is 20.6 Å². The number of ketones is 1. The molecule has 0 unspecified atom stereocenters. The van der Waals surface area contributed by atoms with Crippen molar-refractivity contribution in [1.82, 2.24) is 10.2 Å². The Hall–Kier alpha value is -2.95. The summed E-state index contributed by atoms with van der Waals surface area (Å²) >= 11 is 0. The lowest BCUT2D eigenvalue weighted by atomic mass is 9.94. The zero-order valence-electron chi connectivity index (χ0n) is 14.9. The van der Waals surface area contributed by atoms with Gasteiger partial charge in [-0.3, -0.25) is 14.4 Å². The molecule has 25 heavy (non-hydrogen) atoms. The van der Waals surface area contributed by atoms with Crippen molar-refractivity contribution >= 4 is 17.6 Å². The standard InChI is InChI=1S/C20H22N2O3/c1-13-9-10-14(2)17(11-13)19(24)15-7-5-6-8-16(15)20(25)21-12-18(23)22(3)4/h5-11H,12H2,1-4H3,(H,21,25). The minimum Gasteiger partial charge on any atom is -0.347 e. The van der Waals surface area contributed by atoms with E-state index in [1.54, 1.807) is 38.4 Å². The molecule has 5 heteroatoms. The van der Waals surface area contributed by atoms with Gasteiger partial charge in [0.15, 0.2) is 5.78 Å². The van der Waals surface area contributed by atoms with Crippen LogP contribution in [0.15, 0.2) is 42.5 Å². The molecule has 0 radical (unpaired) electrons. The van der Waals surface area contributed by atoms with Crippen molar-refractivity contribution in [2.45, 2.75) is 13.8 Å². The largest absolute Gasteiger partial charge is 0.347 e. The Morgan fingerprint density at radius 1 is 0.920 bits per heavy atom. The van der Waals surface area contributed by atoms with Crippen LogP contribution >= 0.6 is 0 Å². The van der Waals surface area contributed by atoms with Crippen molar-refractivity contribution in [3.05, 3.63) is 70.3 Å². The van der Waals surface area contributed by atoms with E-state index in [-0.39, 0.29) is 23.8 Å². The van der Waals surface area contributed by atoms with E-state index in [0.717, 1.165) is 11.1 Å². The number of nitrogens with one attached hydrogen (secondary N) is 1. The maximum absolute atomic E-state index is 12.9. The molecule has 5 nitrogen and oxygen atoms in total. The van der Waals surface area contributed by atoms with E-state index in [0.29, 0.717) is 11.1 Å². The lowest BCUT2D eigenvalue weighted by molar-refractivity contribution is -0.127. The molecule has 0 saturated heterocycles. The number of hydrogen-bond donors (Lipinski definition) is 1. The minimum atomic E-state index is -0.440. The maximum atomic E-state index is 12.9. The van der Waals surface area contributed by atoms with E-state index in [2.05, 4.69) is 5.32 Å². The van der Waals surface area contributed by atoms with Gasteiger partial charge < -0.3 is 10.2 Å². The van der Waals surface area contributed by atoms with Gasteiger partial charge in [0.1, 0.15) is 0 Å². The maximum Gasteiger partial charge on any atom is 0.252 e. The van der Waals surface area contributed by atoms with E-state index in [1.807, 2.05) is 32.0 Å². The van der Waals surface area contributed by atoms with E-state index < -0.39 is 5.91 Å². The normalized spacial score (nSPS) is 10.2. The monoisotopic (exact) mass is 338 g/mol. The molecule has 2 rings (SSSR count). The first-order valence-electron chi connectivity index (χ1n) is 8.00. The highest BCUT2D eigenvalue weighted by Gasteiger charge is 2.20. The zero-order chi connectivity index (χ0) is 18.6. The number of nitrogens with zero attached hydrogens (tertiary/aromatic N) is 1. The molecule has 2 amide bonds. The Labute approximate surface area is 147 Å². The van der Waals surface area contributed by atoms with Gasteiger partial charge in [-0.2, -0.15) is 0 Å². The summed E-state index contributed by atoms with van der Waals surface area (Å²) in [5, 5.41) is 2.57. The molecule has 0 aliphatic rings. The summed E-state index contributed by atoms with van der Waals surface area (Å²) < 4.78 is 0. The lowest BCUT2D eigenvalue weighted by Gasteiger charge is -2.13. The van der Waals surface area contributed by atoms with Gasteiger partial charge in [-0.25, -0.2) is 0 Å². The van der Waals surface area contributed by atoms with Gasteiger partial charge in [0, 0.05) is 25.2 Å². The van der Waals surface area contributed by atoms with Crippen molar-refractivity contribution in [2.24, 2.45) is 0 Å². The number of carbonyl (C=O) groups is 3. The third-order valence-corrected chi connectivity index (χ3v) is 3.95. The zero-order valence-corrected chi connectivity index (χ0v) is 14.9. The molecule has 0 heterocycles. The van der Waals surface area contributed by atoms with Crippen LogP contribution in [-0.4, -0.2) is 43.1 Å². The van der Waals surface area contributed by atoms with Crippen LogP contribution in [0.3, 0.4) is 0 Å². The molecular weight excluding hydrogens is 316 g/mol. The number of likely N-dealkylation sites (N-methyl/N-ethyl adjacent to an activating group) is 1. The van der Waals surface area contributed by atoms with Crippen molar-refractivity contribution < 1.29 is 14.4 Å². The highest BCUT2D eigenvalue weighted by atomic mass is 16.2. The Kier molecular flexibility index (Phi) is 5.70. The fraction of sp³-hybridized carbons (Fsp3) is 0.250. The molecule has 0 atom stereocenters. The van der Waals surface area contributed by atoms with Gasteiger partial charge in [-0.05, 0) is 31.5 Å². The molecule has 2 aromatic carbocycles. The van der Waals surface area contributed by atoms with Crippen molar-refractivity contribution in [3.63, 3.8) is 0 Å². The Morgan fingerprint density at radius 2 is 1.56 bits per heavy atom. The summed E-state index contributed by atoms with van der Waals surface area (Å²) in [7, 11) is 3.24. The van der Waals surface area contributed by atoms with Crippen molar-refractivity contribution in [3.8, 4) is 0 Å². The van der Waals surface area contributed by atoms with E-state index in [9.17, 15) is 14.4 Å². The minimum absolute atomic E-state index is 0.113. The van der Waals surface area contributed by atoms with Crippen LogP contribution in [0, 0.1) is 13.8 Å². The quantitative estimate of drug-likeness (QED) is 0.851. The smallest absolute Gasteiger partial charge is 0.252 e. The average Bonchev–Trinajstić information content (AvgIpc) is 2.60. The van der Waals surface area contributed by atoms with Gasteiger partial charge in [-0.1, -0.05) is 35.9 Å². The van der Waals surface area contributed by atoms with Crippen LogP contribution in [0.5, 0.6) is 0 Å². The Balaban J connectivity index is 2.31. The first kappa shape index (κ1) is 18.4. The van der Waals surface area contributed by atoms with Crippen LogP contribution in [0.2, 0.25) is 0 Å². The predicted octanol–water partition coefficient (Wildman–Crippen LogP) is 2.35. The number of amides is 2. The van der Waals surface area contributed by atoms with E-state index >= 15 is 0 Å². The summed E-state index contributed by atoms with van der Waals surface area (Å²) in [6.45, 7) is 3.67. The first-order chi connectivity index (χ1) is 11.8. The Morgan fingerprint density at radius 3 is 2.20 bits per heavy atom. The Bertz CT molecular complexity index is 825. The van der Waals surface area contributed by atoms with Crippen LogP contribution in [0.25, 0.3) is 0 Å². The molecule has 0 aliphatic heterocycles. The number of hydrogen-bond acceptors (Lipinski definition) is 3. The SMILES string of the molecule is Cc1ccc(C)c(C(=O)c2ccccc2C(=O)NCC(=O)N(C)C)c1. The molecule has 0 fully saturated rings. The number of rotatable bonds is 5. The average molecular weight is 338 g/mol. The van der Waals surface area contributed by atoms with Gasteiger partial charge in [0.25, 0.3) is 5.91 Å². The second-order valence-electron chi connectivity index (χ2n) is 6.16. The molecule has 130 valence electrons. The third kappa shape index (κ3) is 4.32. The van der Waals surface area contributed by atoms with Gasteiger partial charge in [0.2, 0.25) is 5.91 Å². The fourth-order valence-electron chi connectivity index (χ4n) is 2.41. The summed E-state index contributed by atoms with van der Waals surface area (Å²) in [6.07, 6.45) is 0. The molecule has 0 aromatic heterocycles. The molecule has 0 saturated carbocycles. The summed E-state index contributed by atoms with van der Waals surface area (Å²) in [5.41, 5.74) is 3.00. The lowest BCUT2D eigenvalue weighted by Crippen LogP contribution is -2.36. The number of carbonyl (C=O) groups excluding carboxylic acids is 3. The highest BCUT2D eigenvalue weighted by molar-refractivity contribution is 6.16. The third-order valence-electron chi connectivity index (χ3n) is 3.95. The van der Waals surface area contributed by atoms with Crippen molar-refractivity contribution in [1.29, 1.82) is 0 Å². The number of benzene rings is 2. The molecule has 2 aromatic rings. The van der Waals surface area contributed by atoms with Crippen LogP contribution in [0.4, 0.5) is 0 Å².